The molecular formula is C27H34N2O4. The first-order valence-electron chi connectivity index (χ1n) is 11.7. The molecule has 6 heteroatoms. The number of nitrogens with one attached hydrogen (secondary N) is 1. The van der Waals surface area contributed by atoms with E-state index in [1.165, 1.54) is 11.1 Å². The van der Waals surface area contributed by atoms with Crippen molar-refractivity contribution in [3.8, 4) is 11.8 Å². The molecule has 2 unspecified atom stereocenters. The number of rotatable bonds is 11. The number of ether oxygens (including phenoxy) is 2. The van der Waals surface area contributed by atoms with Gasteiger partial charge in [-0.3, -0.25) is 4.79 Å². The fourth-order valence-electron chi connectivity index (χ4n) is 4.47. The van der Waals surface area contributed by atoms with Gasteiger partial charge in [0.05, 0.1) is 12.2 Å². The summed E-state index contributed by atoms with van der Waals surface area (Å²) in [7, 11) is 0. The number of hydrogen-bond acceptors (Lipinski definition) is 6. The third kappa shape index (κ3) is 6.56. The molecule has 0 heterocycles. The zero-order valence-corrected chi connectivity index (χ0v) is 19.8. The average Bonchev–Trinajstić information content (AvgIpc) is 3.25. The van der Waals surface area contributed by atoms with Gasteiger partial charge in [-0.2, -0.15) is 5.26 Å². The van der Waals surface area contributed by atoms with Crippen LogP contribution in [0.25, 0.3) is 0 Å². The van der Waals surface area contributed by atoms with E-state index in [2.05, 4.69) is 49.5 Å². The van der Waals surface area contributed by atoms with Crippen LogP contribution in [0.4, 0.5) is 0 Å². The number of carbonyl (C=O) groups excluding carboxylic acids is 1. The molecule has 0 saturated heterocycles. The predicted octanol–water partition coefficient (Wildman–Crippen LogP) is 3.89. The SMILES string of the molecule is CCOC(=O)CCc1ccc(C#N)c(OCC(O)CNC(C)(C)C2CCc3ccccc32)c1. The van der Waals surface area contributed by atoms with E-state index in [-0.39, 0.29) is 24.5 Å². The van der Waals surface area contributed by atoms with Gasteiger partial charge in [0, 0.05) is 24.4 Å². The summed E-state index contributed by atoms with van der Waals surface area (Å²) in [5.74, 6) is 0.559. The van der Waals surface area contributed by atoms with Gasteiger partial charge < -0.3 is 19.9 Å². The van der Waals surface area contributed by atoms with Crippen molar-refractivity contribution >= 4 is 5.97 Å². The maximum Gasteiger partial charge on any atom is 0.306 e. The monoisotopic (exact) mass is 450 g/mol. The highest BCUT2D eigenvalue weighted by Gasteiger charge is 2.35. The quantitative estimate of drug-likeness (QED) is 0.505. The molecule has 2 aromatic rings. The Morgan fingerprint density at radius 2 is 2.09 bits per heavy atom. The highest BCUT2D eigenvalue weighted by molar-refractivity contribution is 5.69. The van der Waals surface area contributed by atoms with Gasteiger partial charge in [-0.15, -0.1) is 0 Å². The standard InChI is InChI=1S/C27H34N2O4/c1-4-32-26(31)14-10-19-9-11-21(16-28)25(15-19)33-18-22(30)17-29-27(2,3)24-13-12-20-7-5-6-8-23(20)24/h5-9,11,15,22,24,29-30H,4,10,12-14,17-18H2,1-3H3. The molecule has 0 fully saturated rings. The van der Waals surface area contributed by atoms with Crippen LogP contribution in [0.15, 0.2) is 42.5 Å². The van der Waals surface area contributed by atoms with Gasteiger partial charge in [0.25, 0.3) is 0 Å². The minimum absolute atomic E-state index is 0.0698. The lowest BCUT2D eigenvalue weighted by Crippen LogP contribution is -2.48. The first-order valence-corrected chi connectivity index (χ1v) is 11.7. The molecule has 1 aliphatic rings. The Morgan fingerprint density at radius 1 is 1.30 bits per heavy atom. The van der Waals surface area contributed by atoms with Crippen LogP contribution in [-0.4, -0.2) is 42.5 Å². The largest absolute Gasteiger partial charge is 0.489 e. The Kier molecular flexibility index (Phi) is 8.49. The van der Waals surface area contributed by atoms with E-state index in [0.29, 0.717) is 36.8 Å². The number of esters is 1. The maximum absolute atomic E-state index is 11.6. The smallest absolute Gasteiger partial charge is 0.306 e. The molecule has 2 atom stereocenters. The Hall–Kier alpha value is -2.88. The maximum atomic E-state index is 11.6. The van der Waals surface area contributed by atoms with Crippen molar-refractivity contribution in [1.29, 1.82) is 5.26 Å². The summed E-state index contributed by atoms with van der Waals surface area (Å²) >= 11 is 0. The van der Waals surface area contributed by atoms with Gasteiger partial charge in [-0.25, -0.2) is 0 Å². The number of aliphatic hydroxyl groups is 1. The van der Waals surface area contributed by atoms with Gasteiger partial charge >= 0.3 is 5.97 Å². The van der Waals surface area contributed by atoms with E-state index < -0.39 is 6.10 Å². The lowest BCUT2D eigenvalue weighted by atomic mass is 9.83. The van der Waals surface area contributed by atoms with Crippen molar-refractivity contribution in [2.45, 2.75) is 64.0 Å². The summed E-state index contributed by atoms with van der Waals surface area (Å²) in [4.78, 5) is 11.6. The summed E-state index contributed by atoms with van der Waals surface area (Å²) in [5.41, 5.74) is 3.91. The fourth-order valence-corrected chi connectivity index (χ4v) is 4.47. The van der Waals surface area contributed by atoms with E-state index in [9.17, 15) is 15.2 Å². The summed E-state index contributed by atoms with van der Waals surface area (Å²) in [6.07, 6.45) is 2.22. The number of nitriles is 1. The summed E-state index contributed by atoms with van der Waals surface area (Å²) in [5, 5.41) is 23.5. The minimum atomic E-state index is -0.726. The molecule has 0 radical (unpaired) electrons. The normalized spacial score (nSPS) is 16.0. The molecule has 3 rings (SSSR count). The number of benzene rings is 2. The molecule has 0 spiro atoms. The molecule has 33 heavy (non-hydrogen) atoms. The fraction of sp³-hybridized carbons (Fsp3) is 0.481. The van der Waals surface area contributed by atoms with Crippen LogP contribution in [0, 0.1) is 11.3 Å². The molecular weight excluding hydrogens is 416 g/mol. The van der Waals surface area contributed by atoms with Crippen LogP contribution < -0.4 is 10.1 Å². The van der Waals surface area contributed by atoms with Crippen molar-refractivity contribution < 1.29 is 19.4 Å². The van der Waals surface area contributed by atoms with Crippen molar-refractivity contribution in [1.82, 2.24) is 5.32 Å². The third-order valence-corrected chi connectivity index (χ3v) is 6.32. The van der Waals surface area contributed by atoms with E-state index in [1.54, 1.807) is 19.1 Å². The average molecular weight is 451 g/mol. The third-order valence-electron chi connectivity index (χ3n) is 6.32. The second-order valence-electron chi connectivity index (χ2n) is 9.10. The zero-order chi connectivity index (χ0) is 23.8. The highest BCUT2D eigenvalue weighted by atomic mass is 16.5. The van der Waals surface area contributed by atoms with Crippen molar-refractivity contribution in [3.05, 3.63) is 64.7 Å². The van der Waals surface area contributed by atoms with Crippen LogP contribution in [0.1, 0.15) is 61.8 Å². The molecule has 1 aliphatic carbocycles. The second kappa shape index (κ2) is 11.3. The van der Waals surface area contributed by atoms with E-state index in [0.717, 1.165) is 18.4 Å². The Bertz CT molecular complexity index is 996. The van der Waals surface area contributed by atoms with Crippen LogP contribution in [0.5, 0.6) is 5.75 Å². The number of aryl methyl sites for hydroxylation is 2. The predicted molar refractivity (Wildman–Crippen MR) is 127 cm³/mol. The summed E-state index contributed by atoms with van der Waals surface area (Å²) in [6.45, 7) is 6.94. The van der Waals surface area contributed by atoms with Crippen LogP contribution in [0.2, 0.25) is 0 Å². The Morgan fingerprint density at radius 3 is 2.85 bits per heavy atom. The first kappa shape index (κ1) is 24.8. The van der Waals surface area contributed by atoms with E-state index in [1.807, 2.05) is 6.07 Å². The second-order valence-corrected chi connectivity index (χ2v) is 9.10. The molecule has 6 nitrogen and oxygen atoms in total. The zero-order valence-electron chi connectivity index (χ0n) is 19.8. The molecule has 0 saturated carbocycles. The molecule has 2 N–H and O–H groups in total. The first-order chi connectivity index (χ1) is 15.8. The molecule has 0 aliphatic heterocycles. The summed E-state index contributed by atoms with van der Waals surface area (Å²) in [6, 6.07) is 15.9. The minimum Gasteiger partial charge on any atom is -0.489 e. The molecule has 0 bridgehead atoms. The molecule has 0 aromatic heterocycles. The molecule has 176 valence electrons. The van der Waals surface area contributed by atoms with Gasteiger partial charge in [0.2, 0.25) is 0 Å². The van der Waals surface area contributed by atoms with Crippen LogP contribution in [-0.2, 0) is 22.4 Å². The van der Waals surface area contributed by atoms with Crippen molar-refractivity contribution in [2.24, 2.45) is 0 Å². The van der Waals surface area contributed by atoms with Gasteiger partial charge in [0.15, 0.2) is 0 Å². The van der Waals surface area contributed by atoms with Crippen molar-refractivity contribution in [3.63, 3.8) is 0 Å². The Labute approximate surface area is 196 Å². The van der Waals surface area contributed by atoms with Crippen LogP contribution in [0.3, 0.4) is 0 Å². The van der Waals surface area contributed by atoms with Gasteiger partial charge in [-0.05, 0) is 68.9 Å². The topological polar surface area (TPSA) is 91.6 Å². The van der Waals surface area contributed by atoms with Crippen LogP contribution >= 0.6 is 0 Å². The molecule has 0 amide bonds. The lowest BCUT2D eigenvalue weighted by molar-refractivity contribution is -0.143. The number of carbonyl (C=O) groups is 1. The Balaban J connectivity index is 1.54. The van der Waals surface area contributed by atoms with E-state index in [4.69, 9.17) is 9.47 Å². The van der Waals surface area contributed by atoms with E-state index >= 15 is 0 Å². The lowest BCUT2D eigenvalue weighted by Gasteiger charge is -2.34. The van der Waals surface area contributed by atoms with Gasteiger partial charge in [-0.1, -0.05) is 30.3 Å². The molecule has 2 aromatic carbocycles. The number of hydrogen-bond donors (Lipinski definition) is 2. The number of nitrogens with zero attached hydrogens (tertiary/aromatic N) is 1. The number of β-amino-alcohol motifs (C(OH)–C–C–N with tert-alkyl or cyclic N) is 1. The number of aliphatic hydroxyl groups excluding tert-OH is 1. The number of fused-ring (bicyclic) bond motifs is 1. The van der Waals surface area contributed by atoms with Gasteiger partial charge in [0.1, 0.15) is 24.5 Å². The van der Waals surface area contributed by atoms with Crippen molar-refractivity contribution in [2.75, 3.05) is 19.8 Å². The highest BCUT2D eigenvalue weighted by Crippen LogP contribution is 2.40. The summed E-state index contributed by atoms with van der Waals surface area (Å²) < 4.78 is 10.8.